The third kappa shape index (κ3) is 3.10. The van der Waals surface area contributed by atoms with E-state index in [-0.39, 0.29) is 5.78 Å². The van der Waals surface area contributed by atoms with Gasteiger partial charge in [0.15, 0.2) is 5.78 Å². The van der Waals surface area contributed by atoms with Crippen LogP contribution in [0.25, 0.3) is 23.2 Å². The van der Waals surface area contributed by atoms with Crippen molar-refractivity contribution in [2.45, 2.75) is 0 Å². The van der Waals surface area contributed by atoms with E-state index in [9.17, 15) is 4.79 Å². The minimum Gasteiger partial charge on any atom is -0.399 e. The van der Waals surface area contributed by atoms with Crippen LogP contribution in [0, 0.1) is 0 Å². The number of anilines is 1. The molecule has 0 fully saturated rings. The van der Waals surface area contributed by atoms with E-state index in [1.54, 1.807) is 41.3 Å². The lowest BCUT2D eigenvalue weighted by Gasteiger charge is -2.04. The number of nitrogens with zero attached hydrogens (tertiary/aromatic N) is 3. The summed E-state index contributed by atoms with van der Waals surface area (Å²) in [6, 6.07) is 18.2. The number of nitrogen functional groups attached to an aromatic ring is 1. The van der Waals surface area contributed by atoms with Crippen LogP contribution < -0.4 is 5.73 Å². The molecular formula is C21H16N4O. The summed E-state index contributed by atoms with van der Waals surface area (Å²) in [7, 11) is 0. The summed E-state index contributed by atoms with van der Waals surface area (Å²) in [5.41, 5.74) is 9.21. The van der Waals surface area contributed by atoms with E-state index >= 15 is 0 Å². The maximum Gasteiger partial charge on any atom is 0.193 e. The quantitative estimate of drug-likeness (QED) is 0.452. The Hall–Kier alpha value is -3.73. The molecule has 0 atom stereocenters. The summed E-state index contributed by atoms with van der Waals surface area (Å²) in [4.78, 5) is 17.0. The molecule has 2 N–H and O–H groups in total. The molecule has 2 aromatic carbocycles. The maximum atomic E-state index is 12.7. The molecule has 0 aliphatic rings. The van der Waals surface area contributed by atoms with Crippen LogP contribution in [-0.2, 0) is 0 Å². The van der Waals surface area contributed by atoms with Crippen molar-refractivity contribution in [1.29, 1.82) is 0 Å². The molecule has 5 heteroatoms. The van der Waals surface area contributed by atoms with Gasteiger partial charge >= 0.3 is 0 Å². The SMILES string of the molecule is Nc1cccc(C(=O)c2ccc3cnn(C=Cc4ccccn4)c3c2)c1. The minimum atomic E-state index is -0.0688. The number of ketones is 1. The smallest absolute Gasteiger partial charge is 0.193 e. The summed E-state index contributed by atoms with van der Waals surface area (Å²) in [6.45, 7) is 0. The van der Waals surface area contributed by atoms with Gasteiger partial charge in [0.25, 0.3) is 0 Å². The van der Waals surface area contributed by atoms with Gasteiger partial charge in [0, 0.05) is 34.6 Å². The second-order valence-corrected chi connectivity index (χ2v) is 5.89. The topological polar surface area (TPSA) is 73.8 Å². The molecule has 4 rings (SSSR count). The van der Waals surface area contributed by atoms with Crippen molar-refractivity contribution in [2.24, 2.45) is 0 Å². The van der Waals surface area contributed by atoms with Crippen LogP contribution in [0.15, 0.2) is 73.1 Å². The Balaban J connectivity index is 1.70. The summed E-state index contributed by atoms with van der Waals surface area (Å²) >= 11 is 0. The highest BCUT2D eigenvalue weighted by molar-refractivity contribution is 6.10. The Morgan fingerprint density at radius 1 is 1.00 bits per heavy atom. The Labute approximate surface area is 150 Å². The van der Waals surface area contributed by atoms with Crippen LogP contribution in [0.5, 0.6) is 0 Å². The average molecular weight is 340 g/mol. The van der Waals surface area contributed by atoms with Crippen molar-refractivity contribution < 1.29 is 4.79 Å². The lowest BCUT2D eigenvalue weighted by atomic mass is 10.0. The van der Waals surface area contributed by atoms with Crippen LogP contribution in [0.1, 0.15) is 21.6 Å². The van der Waals surface area contributed by atoms with Gasteiger partial charge in [-0.3, -0.25) is 9.78 Å². The zero-order chi connectivity index (χ0) is 17.9. The van der Waals surface area contributed by atoms with E-state index in [1.165, 1.54) is 0 Å². The number of nitrogens with two attached hydrogens (primary N) is 1. The third-order valence-electron chi connectivity index (χ3n) is 4.08. The van der Waals surface area contributed by atoms with E-state index in [1.807, 2.05) is 48.7 Å². The highest BCUT2D eigenvalue weighted by atomic mass is 16.1. The van der Waals surface area contributed by atoms with Crippen molar-refractivity contribution in [3.63, 3.8) is 0 Å². The summed E-state index contributed by atoms with van der Waals surface area (Å²) in [6.07, 6.45) is 7.22. The summed E-state index contributed by atoms with van der Waals surface area (Å²) < 4.78 is 1.74. The first-order chi connectivity index (χ1) is 12.7. The number of carbonyl (C=O) groups excluding carboxylic acids is 1. The largest absolute Gasteiger partial charge is 0.399 e. The van der Waals surface area contributed by atoms with Crippen molar-refractivity contribution in [2.75, 3.05) is 5.73 Å². The maximum absolute atomic E-state index is 12.7. The highest BCUT2D eigenvalue weighted by Crippen LogP contribution is 2.20. The van der Waals surface area contributed by atoms with Crippen LogP contribution in [0.2, 0.25) is 0 Å². The van der Waals surface area contributed by atoms with Crippen molar-refractivity contribution >= 4 is 34.6 Å². The highest BCUT2D eigenvalue weighted by Gasteiger charge is 2.11. The Morgan fingerprint density at radius 2 is 1.88 bits per heavy atom. The Bertz CT molecular complexity index is 1110. The lowest BCUT2D eigenvalue weighted by Crippen LogP contribution is -2.02. The molecule has 0 radical (unpaired) electrons. The molecule has 0 spiro atoms. The standard InChI is InChI=1S/C21H16N4O/c22-18-5-3-4-15(12-18)21(26)16-7-8-17-14-24-25(20(17)13-16)11-9-19-6-1-2-10-23-19/h1-14H,22H2. The number of hydrogen-bond acceptors (Lipinski definition) is 4. The fourth-order valence-electron chi connectivity index (χ4n) is 2.77. The van der Waals surface area contributed by atoms with Gasteiger partial charge in [-0.25, -0.2) is 4.68 Å². The number of rotatable bonds is 4. The zero-order valence-corrected chi connectivity index (χ0v) is 13.9. The monoisotopic (exact) mass is 340 g/mol. The normalized spacial score (nSPS) is 11.2. The van der Waals surface area contributed by atoms with Crippen molar-refractivity contribution in [3.05, 3.63) is 89.9 Å². The predicted molar refractivity (Wildman–Crippen MR) is 103 cm³/mol. The van der Waals surface area contributed by atoms with E-state index in [0.717, 1.165) is 16.6 Å². The van der Waals surface area contributed by atoms with Gasteiger partial charge in [0.05, 0.1) is 17.4 Å². The molecule has 4 aromatic rings. The number of fused-ring (bicyclic) bond motifs is 1. The Morgan fingerprint density at radius 3 is 2.69 bits per heavy atom. The molecule has 126 valence electrons. The van der Waals surface area contributed by atoms with Crippen LogP contribution >= 0.6 is 0 Å². The predicted octanol–water partition coefficient (Wildman–Crippen LogP) is 3.87. The molecule has 2 aromatic heterocycles. The van der Waals surface area contributed by atoms with Crippen molar-refractivity contribution in [1.82, 2.24) is 14.8 Å². The second-order valence-electron chi connectivity index (χ2n) is 5.89. The first-order valence-corrected chi connectivity index (χ1v) is 8.17. The fourth-order valence-corrected chi connectivity index (χ4v) is 2.77. The van der Waals surface area contributed by atoms with E-state index in [0.29, 0.717) is 16.8 Å². The molecular weight excluding hydrogens is 324 g/mol. The molecule has 2 heterocycles. The van der Waals surface area contributed by atoms with E-state index < -0.39 is 0 Å². The number of benzene rings is 2. The van der Waals surface area contributed by atoms with Gasteiger partial charge in [-0.2, -0.15) is 5.10 Å². The van der Waals surface area contributed by atoms with Gasteiger partial charge in [-0.15, -0.1) is 0 Å². The molecule has 5 nitrogen and oxygen atoms in total. The van der Waals surface area contributed by atoms with Crippen molar-refractivity contribution in [3.8, 4) is 0 Å². The molecule has 0 saturated heterocycles. The lowest BCUT2D eigenvalue weighted by molar-refractivity contribution is 0.103. The van der Waals surface area contributed by atoms with Gasteiger partial charge in [0.2, 0.25) is 0 Å². The molecule has 0 saturated carbocycles. The van der Waals surface area contributed by atoms with E-state index in [2.05, 4.69) is 10.1 Å². The van der Waals surface area contributed by atoms with Gasteiger partial charge in [-0.05, 0) is 36.4 Å². The number of pyridine rings is 1. The van der Waals surface area contributed by atoms with Gasteiger partial charge < -0.3 is 5.73 Å². The number of hydrogen-bond donors (Lipinski definition) is 1. The van der Waals surface area contributed by atoms with Crippen LogP contribution in [0.3, 0.4) is 0 Å². The first-order valence-electron chi connectivity index (χ1n) is 8.17. The van der Waals surface area contributed by atoms with E-state index in [4.69, 9.17) is 5.73 Å². The van der Waals surface area contributed by atoms with Crippen LogP contribution in [0.4, 0.5) is 5.69 Å². The molecule has 0 bridgehead atoms. The Kier molecular flexibility index (Phi) is 4.03. The summed E-state index contributed by atoms with van der Waals surface area (Å²) in [5.74, 6) is -0.0688. The fraction of sp³-hybridized carbons (Fsp3) is 0. The third-order valence-corrected chi connectivity index (χ3v) is 4.08. The molecule has 0 aliphatic heterocycles. The number of carbonyl (C=O) groups is 1. The molecule has 0 aliphatic carbocycles. The molecule has 0 unspecified atom stereocenters. The average Bonchev–Trinajstić information content (AvgIpc) is 3.09. The second kappa shape index (κ2) is 6.64. The summed E-state index contributed by atoms with van der Waals surface area (Å²) in [5, 5.41) is 5.33. The molecule has 0 amide bonds. The molecule has 26 heavy (non-hydrogen) atoms. The number of aromatic nitrogens is 3. The first kappa shape index (κ1) is 15.8. The zero-order valence-electron chi connectivity index (χ0n) is 13.9. The van der Waals surface area contributed by atoms with Gasteiger partial charge in [0.1, 0.15) is 0 Å². The van der Waals surface area contributed by atoms with Gasteiger partial charge in [-0.1, -0.05) is 30.3 Å². The minimum absolute atomic E-state index is 0.0688. The van der Waals surface area contributed by atoms with Crippen LogP contribution in [-0.4, -0.2) is 20.5 Å².